The highest BCUT2D eigenvalue weighted by molar-refractivity contribution is 5.75. The van der Waals surface area contributed by atoms with Gasteiger partial charge in [-0.25, -0.2) is 9.67 Å². The molecule has 0 spiro atoms. The quantitative estimate of drug-likeness (QED) is 0.799. The number of hydrogen-bond donors (Lipinski definition) is 2. The molecular formula is C13H23N5O. The normalized spacial score (nSPS) is 18.8. The topological polar surface area (TPSA) is 85.8 Å². The molecule has 1 unspecified atom stereocenters. The third-order valence-corrected chi connectivity index (χ3v) is 3.49. The van der Waals surface area contributed by atoms with Gasteiger partial charge in [-0.05, 0) is 19.8 Å². The van der Waals surface area contributed by atoms with Crippen LogP contribution in [0.3, 0.4) is 0 Å². The molecule has 6 heteroatoms. The van der Waals surface area contributed by atoms with Crippen molar-refractivity contribution in [3.8, 4) is 0 Å². The molecule has 1 amide bonds. The fourth-order valence-electron chi connectivity index (χ4n) is 2.44. The Balaban J connectivity index is 1.82. The Bertz CT molecular complexity index is 407. The fourth-order valence-corrected chi connectivity index (χ4v) is 2.44. The summed E-state index contributed by atoms with van der Waals surface area (Å²) in [7, 11) is 0. The summed E-state index contributed by atoms with van der Waals surface area (Å²) >= 11 is 0. The van der Waals surface area contributed by atoms with Crippen LogP contribution in [0.2, 0.25) is 0 Å². The van der Waals surface area contributed by atoms with Gasteiger partial charge in [-0.1, -0.05) is 25.7 Å². The first-order valence-corrected chi connectivity index (χ1v) is 7.09. The Morgan fingerprint density at radius 1 is 1.47 bits per heavy atom. The van der Waals surface area contributed by atoms with Crippen molar-refractivity contribution < 1.29 is 4.79 Å². The van der Waals surface area contributed by atoms with Crippen molar-refractivity contribution in [2.75, 3.05) is 0 Å². The molecule has 0 saturated heterocycles. The maximum absolute atomic E-state index is 11.9. The largest absolute Gasteiger partial charge is 0.352 e. The van der Waals surface area contributed by atoms with Crippen molar-refractivity contribution in [3.63, 3.8) is 0 Å². The molecule has 0 aliphatic heterocycles. The first-order valence-electron chi connectivity index (χ1n) is 7.09. The number of nitrogens with one attached hydrogen (secondary N) is 1. The van der Waals surface area contributed by atoms with Crippen LogP contribution in [-0.4, -0.2) is 26.7 Å². The molecule has 1 aromatic rings. The summed E-state index contributed by atoms with van der Waals surface area (Å²) in [5.74, 6) is 0.579. The van der Waals surface area contributed by atoms with E-state index in [1.54, 1.807) is 11.0 Å². The zero-order valence-electron chi connectivity index (χ0n) is 11.5. The van der Waals surface area contributed by atoms with Gasteiger partial charge in [0.2, 0.25) is 5.91 Å². The van der Waals surface area contributed by atoms with Gasteiger partial charge in [0.1, 0.15) is 12.9 Å². The van der Waals surface area contributed by atoms with E-state index in [2.05, 4.69) is 15.4 Å². The molecule has 1 aliphatic carbocycles. The van der Waals surface area contributed by atoms with E-state index >= 15 is 0 Å². The Morgan fingerprint density at radius 3 is 2.74 bits per heavy atom. The van der Waals surface area contributed by atoms with Gasteiger partial charge in [-0.3, -0.25) is 4.79 Å². The number of nitrogens with zero attached hydrogens (tertiary/aromatic N) is 3. The minimum Gasteiger partial charge on any atom is -0.352 e. The molecule has 0 bridgehead atoms. The second-order valence-electron chi connectivity index (χ2n) is 5.35. The lowest BCUT2D eigenvalue weighted by atomic mass is 10.1. The highest BCUT2D eigenvalue weighted by Gasteiger charge is 2.15. The number of nitrogens with two attached hydrogens (primary N) is 1. The maximum Gasteiger partial charge on any atom is 0.242 e. The molecular weight excluding hydrogens is 242 g/mol. The van der Waals surface area contributed by atoms with Gasteiger partial charge < -0.3 is 11.1 Å². The predicted molar refractivity (Wildman–Crippen MR) is 72.3 cm³/mol. The van der Waals surface area contributed by atoms with Gasteiger partial charge in [0.15, 0.2) is 5.82 Å². The van der Waals surface area contributed by atoms with Gasteiger partial charge >= 0.3 is 0 Å². The highest BCUT2D eigenvalue weighted by atomic mass is 16.2. The lowest BCUT2D eigenvalue weighted by molar-refractivity contribution is -0.122. The number of carbonyl (C=O) groups is 1. The van der Waals surface area contributed by atoms with Crippen molar-refractivity contribution in [1.82, 2.24) is 20.1 Å². The lowest BCUT2D eigenvalue weighted by Crippen LogP contribution is -2.36. The summed E-state index contributed by atoms with van der Waals surface area (Å²) in [6.07, 6.45) is 8.74. The zero-order valence-corrected chi connectivity index (χ0v) is 11.5. The van der Waals surface area contributed by atoms with E-state index in [9.17, 15) is 4.79 Å². The van der Waals surface area contributed by atoms with Crippen molar-refractivity contribution >= 4 is 5.91 Å². The first-order chi connectivity index (χ1) is 9.15. The van der Waals surface area contributed by atoms with Crippen LogP contribution in [0.5, 0.6) is 0 Å². The van der Waals surface area contributed by atoms with Gasteiger partial charge in [0, 0.05) is 6.04 Å². The third-order valence-electron chi connectivity index (χ3n) is 3.49. The van der Waals surface area contributed by atoms with Crippen LogP contribution in [0.25, 0.3) is 0 Å². The highest BCUT2D eigenvalue weighted by Crippen LogP contribution is 2.17. The number of aromatic nitrogens is 3. The Morgan fingerprint density at radius 2 is 2.16 bits per heavy atom. The SMILES string of the molecule is CC(N)c1ncn(CC(=O)NC2CCCCCC2)n1. The molecule has 2 rings (SSSR count). The first kappa shape index (κ1) is 14.0. The summed E-state index contributed by atoms with van der Waals surface area (Å²) in [4.78, 5) is 16.0. The van der Waals surface area contributed by atoms with E-state index < -0.39 is 0 Å². The summed E-state index contributed by atoms with van der Waals surface area (Å²) < 4.78 is 1.55. The minimum absolute atomic E-state index is 0.00743. The van der Waals surface area contributed by atoms with Gasteiger partial charge in [0.25, 0.3) is 0 Å². The number of rotatable bonds is 4. The van der Waals surface area contributed by atoms with Crippen LogP contribution < -0.4 is 11.1 Å². The molecule has 1 atom stereocenters. The summed E-state index contributed by atoms with van der Waals surface area (Å²) in [6, 6.07) is 0.123. The molecule has 1 heterocycles. The number of carbonyl (C=O) groups excluding carboxylic acids is 1. The van der Waals surface area contributed by atoms with Crippen LogP contribution in [0, 0.1) is 0 Å². The predicted octanol–water partition coefficient (Wildman–Crippen LogP) is 1.14. The van der Waals surface area contributed by atoms with E-state index in [4.69, 9.17) is 5.73 Å². The van der Waals surface area contributed by atoms with Crippen molar-refractivity contribution in [1.29, 1.82) is 0 Å². The zero-order chi connectivity index (χ0) is 13.7. The average molecular weight is 265 g/mol. The molecule has 0 radical (unpaired) electrons. The molecule has 6 nitrogen and oxygen atoms in total. The van der Waals surface area contributed by atoms with Crippen LogP contribution in [0.15, 0.2) is 6.33 Å². The fraction of sp³-hybridized carbons (Fsp3) is 0.769. The monoisotopic (exact) mass is 265 g/mol. The molecule has 1 saturated carbocycles. The number of hydrogen-bond acceptors (Lipinski definition) is 4. The van der Waals surface area contributed by atoms with E-state index in [-0.39, 0.29) is 18.5 Å². The van der Waals surface area contributed by atoms with E-state index in [1.807, 2.05) is 6.92 Å². The van der Waals surface area contributed by atoms with Crippen molar-refractivity contribution in [2.24, 2.45) is 5.73 Å². The van der Waals surface area contributed by atoms with Crippen molar-refractivity contribution in [3.05, 3.63) is 12.2 Å². The molecule has 19 heavy (non-hydrogen) atoms. The minimum atomic E-state index is -0.203. The van der Waals surface area contributed by atoms with Crippen molar-refractivity contribution in [2.45, 2.75) is 64.1 Å². The summed E-state index contributed by atoms with van der Waals surface area (Å²) in [5, 5.41) is 7.27. The second kappa shape index (κ2) is 6.65. The van der Waals surface area contributed by atoms with Gasteiger partial charge in [-0.2, -0.15) is 5.10 Å². The van der Waals surface area contributed by atoms with E-state index in [0.29, 0.717) is 11.9 Å². The molecule has 1 fully saturated rings. The Hall–Kier alpha value is -1.43. The Kier molecular flexibility index (Phi) is 4.90. The smallest absolute Gasteiger partial charge is 0.242 e. The molecule has 0 aromatic carbocycles. The number of amides is 1. The van der Waals surface area contributed by atoms with E-state index in [0.717, 1.165) is 12.8 Å². The van der Waals surface area contributed by atoms with Crippen LogP contribution in [0.1, 0.15) is 57.3 Å². The van der Waals surface area contributed by atoms with E-state index in [1.165, 1.54) is 25.7 Å². The maximum atomic E-state index is 11.9. The summed E-state index contributed by atoms with van der Waals surface area (Å²) in [5.41, 5.74) is 5.69. The molecule has 1 aliphatic rings. The third kappa shape index (κ3) is 4.31. The van der Waals surface area contributed by atoms with Gasteiger partial charge in [0.05, 0.1) is 6.04 Å². The molecule has 106 valence electrons. The van der Waals surface area contributed by atoms with Crippen LogP contribution in [-0.2, 0) is 11.3 Å². The molecule has 3 N–H and O–H groups in total. The van der Waals surface area contributed by atoms with Crippen LogP contribution >= 0.6 is 0 Å². The Labute approximate surface area is 113 Å². The second-order valence-corrected chi connectivity index (χ2v) is 5.35. The average Bonchev–Trinajstić information content (AvgIpc) is 2.67. The van der Waals surface area contributed by atoms with Crippen LogP contribution in [0.4, 0.5) is 0 Å². The molecule has 1 aromatic heterocycles. The van der Waals surface area contributed by atoms with Gasteiger partial charge in [-0.15, -0.1) is 0 Å². The lowest BCUT2D eigenvalue weighted by Gasteiger charge is -2.15. The summed E-state index contributed by atoms with van der Waals surface area (Å²) in [6.45, 7) is 2.04. The standard InChI is InChI=1S/C13H23N5O/c1-10(14)13-15-9-18(17-13)8-12(19)16-11-6-4-2-3-5-7-11/h9-11H,2-8,14H2,1H3,(H,16,19).